The van der Waals surface area contributed by atoms with Crippen molar-refractivity contribution in [2.45, 2.75) is 50.6 Å². The van der Waals surface area contributed by atoms with Gasteiger partial charge in [0.25, 0.3) is 0 Å². The SMILES string of the molecule is CN(CC(=O)O)NC(=O)C[C@@H](NC(=O)[C@@H](N)CCCCCN1CCOCC1)[C@H]1C[C@H]1CN. The molecule has 2 fully saturated rings. The van der Waals surface area contributed by atoms with Gasteiger partial charge in [-0.1, -0.05) is 12.8 Å². The molecule has 1 aliphatic heterocycles. The van der Waals surface area contributed by atoms with Gasteiger partial charge in [0.2, 0.25) is 11.8 Å². The standard InChI is InChI=1S/C21H40N6O5/c1-26(14-20(29)30)25-19(28)12-18(16-11-15(16)13-22)24-21(31)17(23)5-3-2-4-6-27-7-9-32-10-8-27/h15-18H,2-14,22-23H2,1H3,(H,24,31)(H,25,28)(H,29,30)/t15-,16-,17-,18+/m0/s1. The second-order valence-electron chi connectivity index (χ2n) is 8.91. The predicted molar refractivity (Wildman–Crippen MR) is 119 cm³/mol. The van der Waals surface area contributed by atoms with E-state index in [1.807, 2.05) is 0 Å². The maximum absolute atomic E-state index is 12.6. The summed E-state index contributed by atoms with van der Waals surface area (Å²) in [5, 5.41) is 13.0. The van der Waals surface area contributed by atoms with Crippen LogP contribution in [-0.2, 0) is 19.1 Å². The number of rotatable bonds is 15. The number of ether oxygens (including phenoxy) is 1. The first-order chi connectivity index (χ1) is 15.3. The molecule has 1 saturated heterocycles. The Bertz CT molecular complexity index is 615. The summed E-state index contributed by atoms with van der Waals surface area (Å²) < 4.78 is 5.35. The molecule has 4 atom stereocenters. The van der Waals surface area contributed by atoms with Gasteiger partial charge in [0.05, 0.1) is 19.3 Å². The molecule has 0 unspecified atom stereocenters. The molecule has 1 aliphatic carbocycles. The van der Waals surface area contributed by atoms with Gasteiger partial charge in [-0.3, -0.25) is 24.7 Å². The van der Waals surface area contributed by atoms with Crippen LogP contribution in [0, 0.1) is 11.8 Å². The van der Waals surface area contributed by atoms with Gasteiger partial charge in [0.15, 0.2) is 0 Å². The molecule has 11 nitrogen and oxygen atoms in total. The third-order valence-corrected chi connectivity index (χ3v) is 6.15. The molecule has 11 heteroatoms. The fourth-order valence-corrected chi connectivity index (χ4v) is 4.17. The zero-order valence-electron chi connectivity index (χ0n) is 19.1. The molecule has 2 amide bonds. The number of hydrogen-bond acceptors (Lipinski definition) is 8. The smallest absolute Gasteiger partial charge is 0.319 e. The molecular formula is C21H40N6O5. The average Bonchev–Trinajstić information content (AvgIpc) is 3.52. The maximum atomic E-state index is 12.6. The second kappa shape index (κ2) is 13.7. The maximum Gasteiger partial charge on any atom is 0.319 e. The number of carbonyl (C=O) groups is 3. The van der Waals surface area contributed by atoms with E-state index in [0.29, 0.717) is 13.0 Å². The highest BCUT2D eigenvalue weighted by Crippen LogP contribution is 2.41. The lowest BCUT2D eigenvalue weighted by Gasteiger charge is -2.26. The molecule has 7 N–H and O–H groups in total. The number of carboxylic acids is 1. The highest BCUT2D eigenvalue weighted by atomic mass is 16.5. The van der Waals surface area contributed by atoms with Gasteiger partial charge in [0.1, 0.15) is 6.54 Å². The van der Waals surface area contributed by atoms with Crippen molar-refractivity contribution >= 4 is 17.8 Å². The lowest BCUT2D eigenvalue weighted by Crippen LogP contribution is -2.50. The third kappa shape index (κ3) is 9.78. The Morgan fingerprint density at radius 1 is 1.22 bits per heavy atom. The highest BCUT2D eigenvalue weighted by molar-refractivity contribution is 5.83. The Kier molecular flexibility index (Phi) is 11.3. The number of hydrogen-bond donors (Lipinski definition) is 5. The Labute approximate surface area is 190 Å². The van der Waals surface area contributed by atoms with E-state index in [1.165, 1.54) is 12.1 Å². The summed E-state index contributed by atoms with van der Waals surface area (Å²) in [5.41, 5.74) is 14.4. The Hall–Kier alpha value is -1.79. The Balaban J connectivity index is 1.71. The van der Waals surface area contributed by atoms with Crippen LogP contribution in [0.4, 0.5) is 0 Å². The summed E-state index contributed by atoms with van der Waals surface area (Å²) in [6.07, 6.45) is 4.47. The summed E-state index contributed by atoms with van der Waals surface area (Å²) in [6.45, 7) is 4.79. The molecule has 0 spiro atoms. The van der Waals surface area contributed by atoms with Gasteiger partial charge < -0.3 is 26.6 Å². The Morgan fingerprint density at radius 3 is 2.56 bits per heavy atom. The average molecular weight is 457 g/mol. The monoisotopic (exact) mass is 456 g/mol. The van der Waals surface area contributed by atoms with E-state index < -0.39 is 12.0 Å². The quantitative estimate of drug-likeness (QED) is 0.149. The first kappa shape index (κ1) is 26.5. The van der Waals surface area contributed by atoms with Gasteiger partial charge in [-0.05, 0) is 44.2 Å². The molecule has 1 saturated carbocycles. The molecule has 32 heavy (non-hydrogen) atoms. The number of nitrogens with one attached hydrogen (secondary N) is 2. The third-order valence-electron chi connectivity index (χ3n) is 6.15. The van der Waals surface area contributed by atoms with E-state index in [4.69, 9.17) is 21.3 Å². The summed E-state index contributed by atoms with van der Waals surface area (Å²) in [7, 11) is 1.48. The largest absolute Gasteiger partial charge is 0.480 e. The number of carbonyl (C=O) groups excluding carboxylic acids is 2. The number of aliphatic carboxylic acids is 1. The van der Waals surface area contributed by atoms with Crippen molar-refractivity contribution in [3.8, 4) is 0 Å². The molecule has 0 aromatic carbocycles. The van der Waals surface area contributed by atoms with Crippen molar-refractivity contribution in [2.24, 2.45) is 23.3 Å². The lowest BCUT2D eigenvalue weighted by molar-refractivity contribution is -0.139. The number of morpholine rings is 1. The molecule has 2 aliphatic rings. The molecule has 2 rings (SSSR count). The summed E-state index contributed by atoms with van der Waals surface area (Å²) in [4.78, 5) is 38.1. The van der Waals surface area contributed by atoms with Crippen LogP contribution < -0.4 is 22.2 Å². The van der Waals surface area contributed by atoms with E-state index in [-0.39, 0.29) is 42.7 Å². The first-order valence-electron chi connectivity index (χ1n) is 11.6. The number of hydrazine groups is 1. The van der Waals surface area contributed by atoms with Crippen LogP contribution >= 0.6 is 0 Å². The van der Waals surface area contributed by atoms with E-state index in [9.17, 15) is 14.4 Å². The molecule has 1 heterocycles. The van der Waals surface area contributed by atoms with Crippen LogP contribution in [0.3, 0.4) is 0 Å². The van der Waals surface area contributed by atoms with Crippen LogP contribution in [0.2, 0.25) is 0 Å². The van der Waals surface area contributed by atoms with E-state index >= 15 is 0 Å². The van der Waals surface area contributed by atoms with Gasteiger partial charge in [0, 0.05) is 32.6 Å². The van der Waals surface area contributed by atoms with Crippen LogP contribution in [0.1, 0.15) is 38.5 Å². The van der Waals surface area contributed by atoms with Crippen molar-refractivity contribution in [3.05, 3.63) is 0 Å². The van der Waals surface area contributed by atoms with Crippen LogP contribution in [0.5, 0.6) is 0 Å². The van der Waals surface area contributed by atoms with Crippen LogP contribution in [-0.4, -0.2) is 97.9 Å². The molecule has 0 radical (unpaired) electrons. The topological polar surface area (TPSA) is 163 Å². The van der Waals surface area contributed by atoms with Gasteiger partial charge in [-0.25, -0.2) is 5.01 Å². The van der Waals surface area contributed by atoms with Crippen molar-refractivity contribution in [3.63, 3.8) is 0 Å². The van der Waals surface area contributed by atoms with Crippen molar-refractivity contribution < 1.29 is 24.2 Å². The molecular weight excluding hydrogens is 416 g/mol. The van der Waals surface area contributed by atoms with Crippen molar-refractivity contribution in [1.82, 2.24) is 20.7 Å². The number of unbranched alkanes of at least 4 members (excludes halogenated alkanes) is 2. The van der Waals surface area contributed by atoms with Crippen LogP contribution in [0.25, 0.3) is 0 Å². The zero-order chi connectivity index (χ0) is 23.5. The highest BCUT2D eigenvalue weighted by Gasteiger charge is 2.43. The number of carboxylic acid groups (broad SMARTS) is 1. The summed E-state index contributed by atoms with van der Waals surface area (Å²) in [6, 6.07) is -0.977. The minimum atomic E-state index is -1.04. The number of nitrogens with zero attached hydrogens (tertiary/aromatic N) is 2. The summed E-state index contributed by atoms with van der Waals surface area (Å²) >= 11 is 0. The van der Waals surface area contributed by atoms with Crippen LogP contribution in [0.15, 0.2) is 0 Å². The van der Waals surface area contributed by atoms with Gasteiger partial charge in [-0.15, -0.1) is 0 Å². The predicted octanol–water partition coefficient (Wildman–Crippen LogP) is -1.28. The molecule has 0 bridgehead atoms. The van der Waals surface area contributed by atoms with E-state index in [1.54, 1.807) is 0 Å². The second-order valence-corrected chi connectivity index (χ2v) is 8.91. The van der Waals surface area contributed by atoms with E-state index in [2.05, 4.69) is 15.6 Å². The normalized spacial score (nSPS) is 22.9. The molecule has 0 aromatic rings. The summed E-state index contributed by atoms with van der Waals surface area (Å²) in [5.74, 6) is -1.23. The number of likely N-dealkylation sites (N-methyl/N-ethyl adjacent to an activating group) is 1. The van der Waals surface area contributed by atoms with Gasteiger partial charge >= 0.3 is 5.97 Å². The van der Waals surface area contributed by atoms with Crippen molar-refractivity contribution in [1.29, 1.82) is 0 Å². The fraction of sp³-hybridized carbons (Fsp3) is 0.857. The fourth-order valence-electron chi connectivity index (χ4n) is 4.17. The lowest BCUT2D eigenvalue weighted by atomic mass is 10.0. The Morgan fingerprint density at radius 2 is 1.94 bits per heavy atom. The number of nitrogens with two attached hydrogens (primary N) is 2. The van der Waals surface area contributed by atoms with Gasteiger partial charge in [-0.2, -0.15) is 0 Å². The number of amides is 2. The molecule has 0 aromatic heterocycles. The minimum absolute atomic E-state index is 0.0587. The minimum Gasteiger partial charge on any atom is -0.480 e. The van der Waals surface area contributed by atoms with E-state index in [0.717, 1.165) is 58.5 Å². The van der Waals surface area contributed by atoms with Crippen molar-refractivity contribution in [2.75, 3.05) is 53.0 Å². The first-order valence-corrected chi connectivity index (χ1v) is 11.6. The molecule has 184 valence electrons. The zero-order valence-corrected chi connectivity index (χ0v) is 19.1.